The monoisotopic (exact) mass is 376 g/mol. The Kier molecular flexibility index (Phi) is 5.55. The molecule has 0 radical (unpaired) electrons. The molecular formula is C18H20N2O3S2. The molecule has 0 aliphatic heterocycles. The largest absolute Gasteiger partial charge is 0.495 e. The Labute approximate surface area is 156 Å². The van der Waals surface area contributed by atoms with Gasteiger partial charge in [0.25, 0.3) is 0 Å². The van der Waals surface area contributed by atoms with Crippen LogP contribution >= 0.6 is 23.6 Å². The van der Waals surface area contributed by atoms with E-state index in [0.29, 0.717) is 16.4 Å². The molecule has 1 aromatic heterocycles. The highest BCUT2D eigenvalue weighted by Gasteiger charge is 2.26. The van der Waals surface area contributed by atoms with Crippen LogP contribution in [0.5, 0.6) is 5.75 Å². The van der Waals surface area contributed by atoms with E-state index >= 15 is 0 Å². The lowest BCUT2D eigenvalue weighted by Gasteiger charge is -2.14. The fraction of sp³-hybridized carbons (Fsp3) is 0.333. The molecule has 1 aromatic carbocycles. The fourth-order valence-electron chi connectivity index (χ4n) is 2.98. The van der Waals surface area contributed by atoms with Gasteiger partial charge in [-0.3, -0.25) is 0 Å². The summed E-state index contributed by atoms with van der Waals surface area (Å²) < 4.78 is 10.3. The Balaban J connectivity index is 1.83. The molecule has 7 heteroatoms. The molecule has 132 valence electrons. The van der Waals surface area contributed by atoms with Gasteiger partial charge < -0.3 is 20.1 Å². The second kappa shape index (κ2) is 7.84. The van der Waals surface area contributed by atoms with E-state index in [-0.39, 0.29) is 5.97 Å². The summed E-state index contributed by atoms with van der Waals surface area (Å²) >= 11 is 7.01. The van der Waals surface area contributed by atoms with Crippen molar-refractivity contribution in [3.63, 3.8) is 0 Å². The zero-order valence-electron chi connectivity index (χ0n) is 14.2. The predicted molar refractivity (Wildman–Crippen MR) is 105 cm³/mol. The smallest absolute Gasteiger partial charge is 0.341 e. The maximum atomic E-state index is 12.3. The van der Waals surface area contributed by atoms with Crippen LogP contribution in [0.3, 0.4) is 0 Å². The van der Waals surface area contributed by atoms with Crippen LogP contribution in [0, 0.1) is 0 Å². The zero-order chi connectivity index (χ0) is 17.8. The van der Waals surface area contributed by atoms with Crippen molar-refractivity contribution in [1.82, 2.24) is 0 Å². The molecule has 1 aliphatic rings. The number of thiocarbonyl (C=S) groups is 1. The van der Waals surface area contributed by atoms with Crippen LogP contribution in [-0.2, 0) is 17.6 Å². The summed E-state index contributed by atoms with van der Waals surface area (Å²) in [5.41, 5.74) is 2.49. The number of para-hydroxylation sites is 2. The van der Waals surface area contributed by atoms with Crippen LogP contribution in [-0.4, -0.2) is 25.3 Å². The van der Waals surface area contributed by atoms with E-state index in [2.05, 4.69) is 10.6 Å². The van der Waals surface area contributed by atoms with E-state index in [0.717, 1.165) is 41.9 Å². The van der Waals surface area contributed by atoms with Gasteiger partial charge in [0.05, 0.1) is 25.5 Å². The summed E-state index contributed by atoms with van der Waals surface area (Å²) in [7, 11) is 3.02. The molecule has 0 spiro atoms. The number of carbonyl (C=O) groups is 1. The van der Waals surface area contributed by atoms with E-state index in [1.807, 2.05) is 24.3 Å². The van der Waals surface area contributed by atoms with Gasteiger partial charge in [0.15, 0.2) is 5.11 Å². The molecule has 0 amide bonds. The van der Waals surface area contributed by atoms with Gasteiger partial charge in [-0.05, 0) is 55.6 Å². The summed E-state index contributed by atoms with van der Waals surface area (Å²) in [6.07, 6.45) is 4.15. The van der Waals surface area contributed by atoms with Gasteiger partial charge in [-0.15, -0.1) is 11.3 Å². The molecule has 0 fully saturated rings. The van der Waals surface area contributed by atoms with Crippen molar-refractivity contribution in [2.45, 2.75) is 25.7 Å². The Hall–Kier alpha value is -2.12. The van der Waals surface area contributed by atoms with Gasteiger partial charge in [0.1, 0.15) is 10.8 Å². The molecule has 0 saturated heterocycles. The molecule has 5 nitrogen and oxygen atoms in total. The van der Waals surface area contributed by atoms with Crippen molar-refractivity contribution in [1.29, 1.82) is 0 Å². The average Bonchev–Trinajstić information content (AvgIpc) is 2.99. The first-order valence-electron chi connectivity index (χ1n) is 8.08. The van der Waals surface area contributed by atoms with Crippen LogP contribution in [0.15, 0.2) is 24.3 Å². The van der Waals surface area contributed by atoms with Gasteiger partial charge in [-0.2, -0.15) is 0 Å². The van der Waals surface area contributed by atoms with E-state index in [1.54, 1.807) is 18.4 Å². The maximum absolute atomic E-state index is 12.3. The third kappa shape index (κ3) is 3.77. The second-order valence-electron chi connectivity index (χ2n) is 5.69. The van der Waals surface area contributed by atoms with Crippen molar-refractivity contribution >= 4 is 45.3 Å². The molecule has 25 heavy (non-hydrogen) atoms. The summed E-state index contributed by atoms with van der Waals surface area (Å²) in [4.78, 5) is 13.5. The minimum atomic E-state index is -0.318. The van der Waals surface area contributed by atoms with Crippen molar-refractivity contribution in [3.05, 3.63) is 40.3 Å². The summed E-state index contributed by atoms with van der Waals surface area (Å²) in [5, 5.41) is 7.44. The number of hydrogen-bond acceptors (Lipinski definition) is 5. The van der Waals surface area contributed by atoms with Crippen LogP contribution in [0.25, 0.3) is 0 Å². The summed E-state index contributed by atoms with van der Waals surface area (Å²) in [6, 6.07) is 7.53. The molecule has 2 aromatic rings. The van der Waals surface area contributed by atoms with Gasteiger partial charge in [0.2, 0.25) is 0 Å². The SMILES string of the molecule is COC(=O)c1c(NC(=S)Nc2ccccc2OC)sc2c1CCCC2. The van der Waals surface area contributed by atoms with Crippen LogP contribution in [0.2, 0.25) is 0 Å². The van der Waals surface area contributed by atoms with E-state index < -0.39 is 0 Å². The maximum Gasteiger partial charge on any atom is 0.341 e. The Morgan fingerprint density at radius 2 is 1.92 bits per heavy atom. The number of thiophene rings is 1. The lowest BCUT2D eigenvalue weighted by molar-refractivity contribution is 0.0601. The topological polar surface area (TPSA) is 59.6 Å². The fourth-order valence-corrected chi connectivity index (χ4v) is 4.53. The van der Waals surface area contributed by atoms with Crippen LogP contribution in [0.4, 0.5) is 10.7 Å². The van der Waals surface area contributed by atoms with Gasteiger partial charge in [0, 0.05) is 4.88 Å². The molecule has 1 heterocycles. The molecule has 1 aliphatic carbocycles. The van der Waals surface area contributed by atoms with Crippen LogP contribution < -0.4 is 15.4 Å². The quantitative estimate of drug-likeness (QED) is 0.615. The number of carbonyl (C=O) groups excluding carboxylic acids is 1. The normalized spacial score (nSPS) is 12.9. The average molecular weight is 377 g/mol. The highest BCUT2D eigenvalue weighted by atomic mass is 32.1. The van der Waals surface area contributed by atoms with Crippen molar-refractivity contribution < 1.29 is 14.3 Å². The number of hydrogen-bond donors (Lipinski definition) is 2. The lowest BCUT2D eigenvalue weighted by Crippen LogP contribution is -2.20. The molecular weight excluding hydrogens is 356 g/mol. The third-order valence-electron chi connectivity index (χ3n) is 4.14. The number of aryl methyl sites for hydroxylation is 1. The Bertz CT molecular complexity index is 802. The first-order valence-corrected chi connectivity index (χ1v) is 9.30. The molecule has 0 saturated carbocycles. The van der Waals surface area contributed by atoms with Gasteiger partial charge in [-0.1, -0.05) is 12.1 Å². The molecule has 2 N–H and O–H groups in total. The van der Waals surface area contributed by atoms with E-state index in [4.69, 9.17) is 21.7 Å². The number of benzene rings is 1. The number of nitrogens with one attached hydrogen (secondary N) is 2. The Morgan fingerprint density at radius 3 is 2.68 bits per heavy atom. The third-order valence-corrected chi connectivity index (χ3v) is 5.55. The number of ether oxygens (including phenoxy) is 2. The van der Waals surface area contributed by atoms with Crippen LogP contribution in [0.1, 0.15) is 33.6 Å². The minimum Gasteiger partial charge on any atom is -0.495 e. The number of methoxy groups -OCH3 is 2. The second-order valence-corrected chi connectivity index (χ2v) is 7.20. The Morgan fingerprint density at radius 1 is 1.16 bits per heavy atom. The molecule has 0 unspecified atom stereocenters. The number of fused-ring (bicyclic) bond motifs is 1. The van der Waals surface area contributed by atoms with E-state index in [9.17, 15) is 4.79 Å². The van der Waals surface area contributed by atoms with Crippen molar-refractivity contribution in [2.24, 2.45) is 0 Å². The number of esters is 1. The molecule has 0 atom stereocenters. The highest BCUT2D eigenvalue weighted by molar-refractivity contribution is 7.80. The summed E-state index contributed by atoms with van der Waals surface area (Å²) in [5.74, 6) is 0.382. The highest BCUT2D eigenvalue weighted by Crippen LogP contribution is 2.38. The van der Waals surface area contributed by atoms with Crippen molar-refractivity contribution in [2.75, 3.05) is 24.9 Å². The van der Waals surface area contributed by atoms with Gasteiger partial charge >= 0.3 is 5.97 Å². The van der Waals surface area contributed by atoms with Crippen molar-refractivity contribution in [3.8, 4) is 5.75 Å². The molecule has 0 bridgehead atoms. The van der Waals surface area contributed by atoms with E-state index in [1.165, 1.54) is 12.0 Å². The first kappa shape index (κ1) is 17.7. The zero-order valence-corrected chi connectivity index (χ0v) is 15.8. The van der Waals surface area contributed by atoms with Gasteiger partial charge in [-0.25, -0.2) is 4.79 Å². The standard InChI is InChI=1S/C18H20N2O3S2/c1-22-13-9-5-4-8-12(13)19-18(24)20-16-15(17(21)23-2)11-7-3-6-10-14(11)25-16/h4-5,8-9H,3,6-7,10H2,1-2H3,(H2,19,20,24). The first-order chi connectivity index (χ1) is 12.1. The predicted octanol–water partition coefficient (Wildman–Crippen LogP) is 4.23. The summed E-state index contributed by atoms with van der Waals surface area (Å²) in [6.45, 7) is 0. The molecule has 3 rings (SSSR count). The number of rotatable bonds is 4. The minimum absolute atomic E-state index is 0.318. The lowest BCUT2D eigenvalue weighted by atomic mass is 9.95. The number of anilines is 2.